The number of fused-ring (bicyclic) bond motifs is 1. The van der Waals surface area contributed by atoms with E-state index in [1.54, 1.807) is 0 Å². The van der Waals surface area contributed by atoms with Gasteiger partial charge in [0.15, 0.2) is 0 Å². The zero-order valence-electron chi connectivity index (χ0n) is 13.1. The molecule has 0 radical (unpaired) electrons. The molecule has 2 aromatic rings. The third kappa shape index (κ3) is 3.33. The zero-order chi connectivity index (χ0) is 15.6. The number of rotatable bonds is 3. The molecule has 0 saturated heterocycles. The fourth-order valence-electron chi connectivity index (χ4n) is 2.58. The Labute approximate surface area is 126 Å². The predicted molar refractivity (Wildman–Crippen MR) is 88.0 cm³/mol. The maximum Gasteiger partial charge on any atom is 0.303 e. The lowest BCUT2D eigenvalue weighted by atomic mass is 9.81. The zero-order valence-corrected chi connectivity index (χ0v) is 13.1. The number of benzene rings is 2. The van der Waals surface area contributed by atoms with Crippen molar-refractivity contribution in [2.24, 2.45) is 5.41 Å². The van der Waals surface area contributed by atoms with Gasteiger partial charge < -0.3 is 4.74 Å². The van der Waals surface area contributed by atoms with Crippen molar-refractivity contribution in [3.05, 3.63) is 54.6 Å². The van der Waals surface area contributed by atoms with E-state index in [1.165, 1.54) is 6.92 Å². The summed E-state index contributed by atoms with van der Waals surface area (Å²) in [5.74, 6) is -0.281. The smallest absolute Gasteiger partial charge is 0.303 e. The largest absolute Gasteiger partial charge is 0.457 e. The molecule has 0 amide bonds. The average molecular weight is 282 g/mol. The van der Waals surface area contributed by atoms with E-state index in [0.717, 1.165) is 21.9 Å². The van der Waals surface area contributed by atoms with Gasteiger partial charge in [0.2, 0.25) is 0 Å². The van der Waals surface area contributed by atoms with Crippen molar-refractivity contribution in [2.75, 3.05) is 0 Å². The number of hydrogen-bond acceptors (Lipinski definition) is 2. The van der Waals surface area contributed by atoms with E-state index in [9.17, 15) is 4.79 Å². The predicted octanol–water partition coefficient (Wildman–Crippen LogP) is 4.83. The van der Waals surface area contributed by atoms with E-state index in [1.807, 2.05) is 24.3 Å². The van der Waals surface area contributed by atoms with Crippen LogP contribution in [-0.2, 0) is 9.53 Å². The summed E-state index contributed by atoms with van der Waals surface area (Å²) in [7, 11) is 0. The molecule has 0 N–H and O–H groups in total. The van der Waals surface area contributed by atoms with E-state index in [4.69, 9.17) is 4.74 Å². The maximum atomic E-state index is 11.4. The molecule has 110 valence electrons. The lowest BCUT2D eigenvalue weighted by Gasteiger charge is -2.32. The molecule has 0 spiro atoms. The Morgan fingerprint density at radius 1 is 1.10 bits per heavy atom. The number of carbonyl (C=O) groups is 1. The lowest BCUT2D eigenvalue weighted by Crippen LogP contribution is -2.32. The van der Waals surface area contributed by atoms with Crippen LogP contribution in [0.2, 0.25) is 0 Å². The van der Waals surface area contributed by atoms with Crippen LogP contribution in [0.1, 0.15) is 33.3 Å². The fourth-order valence-corrected chi connectivity index (χ4v) is 2.58. The minimum absolute atomic E-state index is 0.209. The molecule has 0 fully saturated rings. The quantitative estimate of drug-likeness (QED) is 0.754. The van der Waals surface area contributed by atoms with Gasteiger partial charge in [-0.2, -0.15) is 0 Å². The van der Waals surface area contributed by atoms with Crippen LogP contribution in [-0.4, -0.2) is 12.1 Å². The third-order valence-electron chi connectivity index (χ3n) is 3.52. The maximum absolute atomic E-state index is 11.4. The molecule has 21 heavy (non-hydrogen) atoms. The summed E-state index contributed by atoms with van der Waals surface area (Å²) in [5.41, 5.74) is 1.67. The number of carbonyl (C=O) groups excluding carboxylic acids is 1. The van der Waals surface area contributed by atoms with Crippen LogP contribution in [0.5, 0.6) is 0 Å². The van der Waals surface area contributed by atoms with Gasteiger partial charge >= 0.3 is 5.97 Å². The second-order valence-electron chi connectivity index (χ2n) is 6.41. The van der Waals surface area contributed by atoms with Gasteiger partial charge in [0.05, 0.1) is 0 Å². The summed E-state index contributed by atoms with van der Waals surface area (Å²) in [6.45, 7) is 11.8. The van der Waals surface area contributed by atoms with Crippen LogP contribution < -0.4 is 0 Å². The first-order valence-corrected chi connectivity index (χ1v) is 7.15. The van der Waals surface area contributed by atoms with Crippen molar-refractivity contribution < 1.29 is 9.53 Å². The van der Waals surface area contributed by atoms with Gasteiger partial charge in [0, 0.05) is 12.3 Å². The van der Waals surface area contributed by atoms with Gasteiger partial charge in [0.25, 0.3) is 0 Å². The van der Waals surface area contributed by atoms with Gasteiger partial charge in [-0.25, -0.2) is 0 Å². The molecule has 0 heterocycles. The molecule has 0 aliphatic rings. The van der Waals surface area contributed by atoms with Crippen LogP contribution >= 0.6 is 0 Å². The Bertz CT molecular complexity index is 672. The van der Waals surface area contributed by atoms with Crippen LogP contribution in [0.25, 0.3) is 16.3 Å². The molecular formula is C19H22O2. The Hall–Kier alpha value is -2.09. The summed E-state index contributed by atoms with van der Waals surface area (Å²) < 4.78 is 5.54. The third-order valence-corrected chi connectivity index (χ3v) is 3.52. The van der Waals surface area contributed by atoms with Crippen molar-refractivity contribution in [1.82, 2.24) is 0 Å². The molecule has 2 nitrogen and oxygen atoms in total. The first-order chi connectivity index (χ1) is 9.80. The molecule has 2 aromatic carbocycles. The van der Waals surface area contributed by atoms with E-state index in [0.29, 0.717) is 0 Å². The molecule has 0 bridgehead atoms. The first kappa shape index (κ1) is 15.3. The van der Waals surface area contributed by atoms with Crippen molar-refractivity contribution in [2.45, 2.75) is 33.8 Å². The Morgan fingerprint density at radius 2 is 1.71 bits per heavy atom. The summed E-state index contributed by atoms with van der Waals surface area (Å²) in [5, 5.41) is 2.29. The number of esters is 1. The Kier molecular flexibility index (Phi) is 4.17. The summed E-state index contributed by atoms with van der Waals surface area (Å²) >= 11 is 0. The van der Waals surface area contributed by atoms with Crippen LogP contribution in [0.4, 0.5) is 0 Å². The highest BCUT2D eigenvalue weighted by atomic mass is 16.5. The standard InChI is InChI=1S/C19H22O2/c1-13(18(19(3,4)5)21-14(2)20)16-12-8-10-15-9-6-7-11-17(15)16/h6-12,18H,1H2,2-5H3. The van der Waals surface area contributed by atoms with Crippen LogP contribution in [0, 0.1) is 5.41 Å². The molecule has 1 unspecified atom stereocenters. The molecule has 0 aromatic heterocycles. The van der Waals surface area contributed by atoms with E-state index in [2.05, 4.69) is 45.5 Å². The number of hydrogen-bond donors (Lipinski definition) is 0. The van der Waals surface area contributed by atoms with Crippen LogP contribution in [0.3, 0.4) is 0 Å². The van der Waals surface area contributed by atoms with E-state index in [-0.39, 0.29) is 17.5 Å². The molecule has 0 saturated carbocycles. The van der Waals surface area contributed by atoms with E-state index < -0.39 is 0 Å². The van der Waals surface area contributed by atoms with Gasteiger partial charge in [-0.3, -0.25) is 4.79 Å². The minimum atomic E-state index is -0.346. The second-order valence-corrected chi connectivity index (χ2v) is 6.41. The van der Waals surface area contributed by atoms with Gasteiger partial charge in [-0.1, -0.05) is 69.8 Å². The normalized spacial score (nSPS) is 13.0. The van der Waals surface area contributed by atoms with Crippen molar-refractivity contribution in [3.63, 3.8) is 0 Å². The number of ether oxygens (including phenoxy) is 1. The van der Waals surface area contributed by atoms with Crippen molar-refractivity contribution >= 4 is 22.3 Å². The molecule has 1 atom stereocenters. The average Bonchev–Trinajstić information content (AvgIpc) is 2.42. The van der Waals surface area contributed by atoms with Crippen molar-refractivity contribution in [3.8, 4) is 0 Å². The molecular weight excluding hydrogens is 260 g/mol. The van der Waals surface area contributed by atoms with Gasteiger partial charge in [-0.05, 0) is 21.9 Å². The monoisotopic (exact) mass is 282 g/mol. The minimum Gasteiger partial charge on any atom is -0.457 e. The van der Waals surface area contributed by atoms with Gasteiger partial charge in [-0.15, -0.1) is 0 Å². The molecule has 2 rings (SSSR count). The van der Waals surface area contributed by atoms with Crippen molar-refractivity contribution in [1.29, 1.82) is 0 Å². The highest BCUT2D eigenvalue weighted by Gasteiger charge is 2.31. The summed E-state index contributed by atoms with van der Waals surface area (Å²) in [6, 6.07) is 14.3. The van der Waals surface area contributed by atoms with Gasteiger partial charge in [0.1, 0.15) is 6.10 Å². The highest BCUT2D eigenvalue weighted by molar-refractivity contribution is 5.94. The molecule has 0 aliphatic carbocycles. The van der Waals surface area contributed by atoms with E-state index >= 15 is 0 Å². The summed E-state index contributed by atoms with van der Waals surface area (Å²) in [6.07, 6.45) is -0.346. The second kappa shape index (κ2) is 5.72. The summed E-state index contributed by atoms with van der Waals surface area (Å²) in [4.78, 5) is 11.4. The first-order valence-electron chi connectivity index (χ1n) is 7.15. The Balaban J connectivity index is 2.51. The topological polar surface area (TPSA) is 26.3 Å². The highest BCUT2D eigenvalue weighted by Crippen LogP contribution is 2.35. The Morgan fingerprint density at radius 3 is 2.33 bits per heavy atom. The SMILES string of the molecule is C=C(c1cccc2ccccc12)C(OC(C)=O)C(C)(C)C. The molecule has 2 heteroatoms. The van der Waals surface area contributed by atoms with Crippen LogP contribution in [0.15, 0.2) is 49.0 Å². The molecule has 0 aliphatic heterocycles. The lowest BCUT2D eigenvalue weighted by molar-refractivity contribution is -0.147. The fraction of sp³-hybridized carbons (Fsp3) is 0.316.